The van der Waals surface area contributed by atoms with Gasteiger partial charge in [0.2, 0.25) is 15.9 Å². The summed E-state index contributed by atoms with van der Waals surface area (Å²) in [5.74, 6) is -0.365. The van der Waals surface area contributed by atoms with Gasteiger partial charge >= 0.3 is 5.97 Å². The van der Waals surface area contributed by atoms with Gasteiger partial charge in [-0.1, -0.05) is 6.07 Å². The van der Waals surface area contributed by atoms with Crippen LogP contribution in [0, 0.1) is 6.92 Å². The molecule has 174 valence electrons. The highest BCUT2D eigenvalue weighted by Crippen LogP contribution is 2.32. The number of fused-ring (bicyclic) bond motifs is 1. The first-order valence-corrected chi connectivity index (χ1v) is 12.6. The molecule has 1 aliphatic heterocycles. The van der Waals surface area contributed by atoms with Gasteiger partial charge in [-0.3, -0.25) is 4.79 Å². The van der Waals surface area contributed by atoms with Crippen LogP contribution < -0.4 is 10.1 Å². The van der Waals surface area contributed by atoms with E-state index < -0.39 is 22.0 Å². The Morgan fingerprint density at radius 3 is 2.64 bits per heavy atom. The fraction of sp³-hybridized carbons (Fsp3) is 0.304. The van der Waals surface area contributed by atoms with Crippen molar-refractivity contribution in [2.45, 2.75) is 30.7 Å². The lowest BCUT2D eigenvalue weighted by atomic mass is 10.2. The van der Waals surface area contributed by atoms with Crippen LogP contribution in [0.15, 0.2) is 47.4 Å². The quantitative estimate of drug-likeness (QED) is 0.530. The summed E-state index contributed by atoms with van der Waals surface area (Å²) in [6.45, 7) is 1.99. The van der Waals surface area contributed by atoms with E-state index in [-0.39, 0.29) is 17.3 Å². The van der Waals surface area contributed by atoms with Crippen LogP contribution in [0.25, 0.3) is 10.1 Å². The Morgan fingerprint density at radius 1 is 1.12 bits per heavy atom. The van der Waals surface area contributed by atoms with Crippen molar-refractivity contribution < 1.29 is 27.5 Å². The van der Waals surface area contributed by atoms with E-state index in [2.05, 4.69) is 5.32 Å². The van der Waals surface area contributed by atoms with Crippen molar-refractivity contribution in [2.24, 2.45) is 0 Å². The molecule has 0 radical (unpaired) electrons. The highest BCUT2D eigenvalue weighted by Gasteiger charge is 2.40. The van der Waals surface area contributed by atoms with Crippen molar-refractivity contribution in [1.29, 1.82) is 0 Å². The Bertz CT molecular complexity index is 1330. The number of amides is 1. The molecule has 8 nitrogen and oxygen atoms in total. The molecule has 0 bridgehead atoms. The number of anilines is 1. The van der Waals surface area contributed by atoms with Crippen LogP contribution in [0.4, 0.5) is 5.69 Å². The Labute approximate surface area is 196 Å². The predicted molar refractivity (Wildman–Crippen MR) is 126 cm³/mol. The molecule has 1 atom stereocenters. The minimum atomic E-state index is -3.89. The lowest BCUT2D eigenvalue weighted by Gasteiger charge is -2.24. The standard InChI is InChI=1S/C23H24N2O6S2/c1-14-6-8-17(30-2)13-21(14)33(28,29)25-10-4-5-18(25)22(26)24-16-7-9-19-15(11-16)12-20(32-19)23(27)31-3/h6-9,11-13,18H,4-5,10H2,1-3H3,(H,24,26). The number of hydrogen-bond donors (Lipinski definition) is 1. The van der Waals surface area contributed by atoms with E-state index in [4.69, 9.17) is 9.47 Å². The highest BCUT2D eigenvalue weighted by atomic mass is 32.2. The van der Waals surface area contributed by atoms with E-state index >= 15 is 0 Å². The monoisotopic (exact) mass is 488 g/mol. The van der Waals surface area contributed by atoms with Gasteiger partial charge in [0.25, 0.3) is 0 Å². The SMILES string of the molecule is COC(=O)c1cc2cc(NC(=O)C3CCCN3S(=O)(=O)c3cc(OC)ccc3C)ccc2s1. The number of esters is 1. The van der Waals surface area contributed by atoms with Crippen LogP contribution in [0.5, 0.6) is 5.75 Å². The molecule has 0 aliphatic carbocycles. The summed E-state index contributed by atoms with van der Waals surface area (Å²) in [7, 11) is -1.09. The largest absolute Gasteiger partial charge is 0.497 e. The van der Waals surface area contributed by atoms with E-state index in [9.17, 15) is 18.0 Å². The van der Waals surface area contributed by atoms with Crippen molar-refractivity contribution >= 4 is 49.0 Å². The second kappa shape index (κ2) is 9.12. The Hall–Kier alpha value is -2.95. The van der Waals surface area contributed by atoms with Gasteiger partial charge in [0.1, 0.15) is 16.7 Å². The number of nitrogens with zero attached hydrogens (tertiary/aromatic N) is 1. The average molecular weight is 489 g/mol. The first-order valence-electron chi connectivity index (χ1n) is 10.3. The number of rotatable bonds is 6. The smallest absolute Gasteiger partial charge is 0.348 e. The number of carbonyl (C=O) groups excluding carboxylic acids is 2. The van der Waals surface area contributed by atoms with E-state index in [1.807, 2.05) is 6.07 Å². The number of ether oxygens (including phenoxy) is 2. The molecule has 1 N–H and O–H groups in total. The summed E-state index contributed by atoms with van der Waals surface area (Å²) < 4.78 is 38.9. The maximum absolute atomic E-state index is 13.4. The van der Waals surface area contributed by atoms with Gasteiger partial charge < -0.3 is 14.8 Å². The van der Waals surface area contributed by atoms with Gasteiger partial charge in [0, 0.05) is 23.0 Å². The molecule has 0 spiro atoms. The molecule has 1 saturated heterocycles. The van der Waals surface area contributed by atoms with Gasteiger partial charge in [-0.15, -0.1) is 11.3 Å². The lowest BCUT2D eigenvalue weighted by Crippen LogP contribution is -2.43. The maximum atomic E-state index is 13.4. The van der Waals surface area contributed by atoms with Gasteiger partial charge in [-0.2, -0.15) is 4.31 Å². The maximum Gasteiger partial charge on any atom is 0.348 e. The molecule has 1 unspecified atom stereocenters. The Morgan fingerprint density at radius 2 is 1.91 bits per heavy atom. The molecule has 1 amide bonds. The Balaban J connectivity index is 1.57. The highest BCUT2D eigenvalue weighted by molar-refractivity contribution is 7.89. The molecule has 1 aromatic heterocycles. The van der Waals surface area contributed by atoms with Crippen molar-refractivity contribution in [2.75, 3.05) is 26.1 Å². The molecule has 10 heteroatoms. The van der Waals surface area contributed by atoms with E-state index in [1.165, 1.54) is 35.9 Å². The summed E-state index contributed by atoms with van der Waals surface area (Å²) in [4.78, 5) is 25.5. The van der Waals surface area contributed by atoms with Crippen LogP contribution >= 0.6 is 11.3 Å². The van der Waals surface area contributed by atoms with Gasteiger partial charge in [0.15, 0.2) is 0 Å². The third-order valence-corrected chi connectivity index (χ3v) is 8.80. The van der Waals surface area contributed by atoms with E-state index in [0.717, 1.165) is 10.1 Å². The number of sulfonamides is 1. The number of thiophene rings is 1. The molecule has 1 fully saturated rings. The first-order chi connectivity index (χ1) is 15.7. The predicted octanol–water partition coefficient (Wildman–Crippen LogP) is 3.80. The molecule has 2 heterocycles. The van der Waals surface area contributed by atoms with Crippen molar-refractivity contribution in [3.05, 3.63) is 52.9 Å². The molecule has 4 rings (SSSR count). The summed E-state index contributed by atoms with van der Waals surface area (Å²) in [6, 6.07) is 11.1. The minimum Gasteiger partial charge on any atom is -0.497 e. The van der Waals surface area contributed by atoms with Crippen LogP contribution in [-0.4, -0.2) is 51.4 Å². The lowest BCUT2D eigenvalue weighted by molar-refractivity contribution is -0.119. The molecule has 3 aromatic rings. The third-order valence-electron chi connectivity index (χ3n) is 5.66. The van der Waals surface area contributed by atoms with Crippen LogP contribution in [-0.2, 0) is 19.6 Å². The third kappa shape index (κ3) is 4.46. The molecular formula is C23H24N2O6S2. The van der Waals surface area contributed by atoms with Gasteiger partial charge in [-0.25, -0.2) is 13.2 Å². The zero-order valence-corrected chi connectivity index (χ0v) is 20.1. The van der Waals surface area contributed by atoms with Gasteiger partial charge in [0.05, 0.1) is 19.1 Å². The fourth-order valence-electron chi connectivity index (χ4n) is 3.95. The number of hydrogen-bond acceptors (Lipinski definition) is 7. The van der Waals surface area contributed by atoms with Crippen LogP contribution in [0.3, 0.4) is 0 Å². The fourth-order valence-corrected chi connectivity index (χ4v) is 6.81. The number of aryl methyl sites for hydroxylation is 1. The van der Waals surface area contributed by atoms with Crippen molar-refractivity contribution in [3.63, 3.8) is 0 Å². The van der Waals surface area contributed by atoms with E-state index in [0.29, 0.717) is 34.7 Å². The summed E-state index contributed by atoms with van der Waals surface area (Å²) in [5.41, 5.74) is 1.12. The molecule has 1 aliphatic rings. The summed E-state index contributed by atoms with van der Waals surface area (Å²) in [6.07, 6.45) is 1.02. The van der Waals surface area contributed by atoms with Crippen LogP contribution in [0.2, 0.25) is 0 Å². The van der Waals surface area contributed by atoms with Crippen molar-refractivity contribution in [3.8, 4) is 5.75 Å². The number of methoxy groups -OCH3 is 2. The second-order valence-corrected chi connectivity index (χ2v) is 10.7. The number of carbonyl (C=O) groups is 2. The molecule has 2 aromatic carbocycles. The summed E-state index contributed by atoms with van der Waals surface area (Å²) in [5, 5.41) is 3.63. The minimum absolute atomic E-state index is 0.136. The first kappa shape index (κ1) is 23.2. The van der Waals surface area contributed by atoms with E-state index in [1.54, 1.807) is 37.3 Å². The molecule has 33 heavy (non-hydrogen) atoms. The van der Waals surface area contributed by atoms with Crippen molar-refractivity contribution in [1.82, 2.24) is 4.31 Å². The zero-order chi connectivity index (χ0) is 23.8. The molecular weight excluding hydrogens is 464 g/mol. The zero-order valence-electron chi connectivity index (χ0n) is 18.5. The normalized spacial score (nSPS) is 16.6. The number of nitrogens with one attached hydrogen (secondary N) is 1. The van der Waals surface area contributed by atoms with Gasteiger partial charge in [-0.05, 0) is 61.0 Å². The molecule has 0 saturated carbocycles. The second-order valence-electron chi connectivity index (χ2n) is 7.75. The van der Waals surface area contributed by atoms with Crippen LogP contribution in [0.1, 0.15) is 28.1 Å². The topological polar surface area (TPSA) is 102 Å². The average Bonchev–Trinajstić information content (AvgIpc) is 3.46. The summed E-state index contributed by atoms with van der Waals surface area (Å²) >= 11 is 1.30. The Kier molecular flexibility index (Phi) is 6.42. The number of benzene rings is 2.